The maximum atomic E-state index is 11.2. The van der Waals surface area contributed by atoms with Crippen LogP contribution in [0.25, 0.3) is 0 Å². The molecule has 7 heteroatoms. The third-order valence-corrected chi connectivity index (χ3v) is 4.12. The van der Waals surface area contributed by atoms with Crippen LogP contribution in [0.15, 0.2) is 5.16 Å². The van der Waals surface area contributed by atoms with Crippen LogP contribution in [-0.2, 0) is 9.84 Å². The molecule has 0 radical (unpaired) electrons. The summed E-state index contributed by atoms with van der Waals surface area (Å²) in [5.74, 6) is 0.497. The van der Waals surface area contributed by atoms with E-state index in [0.717, 1.165) is 0 Å². The van der Waals surface area contributed by atoms with Gasteiger partial charge in [-0.1, -0.05) is 5.16 Å². The molecular formula is C7H15N3O3S. The van der Waals surface area contributed by atoms with Crippen LogP contribution < -0.4 is 5.73 Å². The summed E-state index contributed by atoms with van der Waals surface area (Å²) >= 11 is 0. The summed E-state index contributed by atoms with van der Waals surface area (Å²) in [6.07, 6.45) is 0.623. The van der Waals surface area contributed by atoms with E-state index < -0.39 is 9.84 Å². The fraction of sp³-hybridized carbons (Fsp3) is 0.857. The highest BCUT2D eigenvalue weighted by atomic mass is 32.2. The summed E-state index contributed by atoms with van der Waals surface area (Å²) in [6.45, 7) is 0.288. The monoisotopic (exact) mass is 221 g/mol. The molecule has 1 heterocycles. The molecule has 1 aliphatic rings. The van der Waals surface area contributed by atoms with Gasteiger partial charge in [0.1, 0.15) is 0 Å². The number of rotatable bonds is 3. The lowest BCUT2D eigenvalue weighted by Crippen LogP contribution is -2.39. The van der Waals surface area contributed by atoms with Crippen molar-refractivity contribution in [1.29, 1.82) is 0 Å². The van der Waals surface area contributed by atoms with Crippen molar-refractivity contribution in [3.63, 3.8) is 0 Å². The molecule has 0 aromatic rings. The fourth-order valence-electron chi connectivity index (χ4n) is 1.54. The van der Waals surface area contributed by atoms with Crippen molar-refractivity contribution in [2.75, 3.05) is 25.1 Å². The van der Waals surface area contributed by atoms with Crippen LogP contribution in [0.3, 0.4) is 0 Å². The van der Waals surface area contributed by atoms with Gasteiger partial charge in [0.15, 0.2) is 15.7 Å². The molecule has 1 rings (SSSR count). The van der Waals surface area contributed by atoms with Gasteiger partial charge in [-0.05, 0) is 13.5 Å². The Morgan fingerprint density at radius 1 is 1.71 bits per heavy atom. The predicted octanol–water partition coefficient (Wildman–Crippen LogP) is -1.15. The quantitative estimate of drug-likeness (QED) is 0.271. The molecule has 1 saturated heterocycles. The van der Waals surface area contributed by atoms with Crippen molar-refractivity contribution in [3.05, 3.63) is 0 Å². The summed E-state index contributed by atoms with van der Waals surface area (Å²) < 4.78 is 22.3. The van der Waals surface area contributed by atoms with Crippen molar-refractivity contribution in [1.82, 2.24) is 4.90 Å². The highest BCUT2D eigenvalue weighted by Gasteiger charge is 2.30. The van der Waals surface area contributed by atoms with Crippen LogP contribution in [-0.4, -0.2) is 55.5 Å². The second-order valence-electron chi connectivity index (χ2n) is 3.56. The molecular weight excluding hydrogens is 206 g/mol. The topological polar surface area (TPSA) is 96.0 Å². The van der Waals surface area contributed by atoms with E-state index in [-0.39, 0.29) is 29.9 Å². The van der Waals surface area contributed by atoms with E-state index in [1.54, 1.807) is 11.9 Å². The third kappa shape index (κ3) is 2.85. The van der Waals surface area contributed by atoms with Crippen molar-refractivity contribution >= 4 is 15.7 Å². The van der Waals surface area contributed by atoms with Gasteiger partial charge in [0.05, 0.1) is 18.1 Å². The first kappa shape index (κ1) is 11.3. The molecule has 1 unspecified atom stereocenters. The van der Waals surface area contributed by atoms with Gasteiger partial charge in [-0.2, -0.15) is 0 Å². The number of hydrogen-bond donors (Lipinski definition) is 2. The Labute approximate surface area is 83.3 Å². The molecule has 1 aliphatic heterocycles. The maximum Gasteiger partial charge on any atom is 0.153 e. The number of likely N-dealkylation sites (N-methyl/N-ethyl adjacent to an activating group) is 1. The zero-order valence-electron chi connectivity index (χ0n) is 8.05. The Kier molecular flexibility index (Phi) is 3.33. The van der Waals surface area contributed by atoms with Gasteiger partial charge in [-0.25, -0.2) is 8.42 Å². The normalized spacial score (nSPS) is 27.0. The van der Waals surface area contributed by atoms with Crippen LogP contribution in [0.4, 0.5) is 0 Å². The number of sulfone groups is 1. The number of oxime groups is 1. The van der Waals surface area contributed by atoms with Gasteiger partial charge in [0, 0.05) is 6.04 Å². The lowest BCUT2D eigenvalue weighted by molar-refractivity contribution is 0.282. The second kappa shape index (κ2) is 4.14. The summed E-state index contributed by atoms with van der Waals surface area (Å²) in [5.41, 5.74) is 5.32. The molecule has 3 N–H and O–H groups in total. The summed E-state index contributed by atoms with van der Waals surface area (Å²) in [5, 5.41) is 11.2. The molecule has 0 spiro atoms. The zero-order chi connectivity index (χ0) is 10.8. The Morgan fingerprint density at radius 3 is 2.79 bits per heavy atom. The molecule has 82 valence electrons. The van der Waals surface area contributed by atoms with Crippen LogP contribution in [0.5, 0.6) is 0 Å². The predicted molar refractivity (Wildman–Crippen MR) is 53.1 cm³/mol. The van der Waals surface area contributed by atoms with Gasteiger partial charge in [-0.15, -0.1) is 0 Å². The Balaban J connectivity index is 2.52. The third-order valence-electron chi connectivity index (χ3n) is 2.37. The molecule has 1 fully saturated rings. The largest absolute Gasteiger partial charge is 0.409 e. The van der Waals surface area contributed by atoms with E-state index in [1.165, 1.54) is 0 Å². The molecule has 0 saturated carbocycles. The van der Waals surface area contributed by atoms with E-state index in [2.05, 4.69) is 5.16 Å². The van der Waals surface area contributed by atoms with Gasteiger partial charge in [0.25, 0.3) is 0 Å². The minimum absolute atomic E-state index is 0.0136. The van der Waals surface area contributed by atoms with Gasteiger partial charge in [-0.3, -0.25) is 4.90 Å². The molecule has 0 bridgehead atoms. The molecule has 0 amide bonds. The summed E-state index contributed by atoms with van der Waals surface area (Å²) in [7, 11) is -1.10. The highest BCUT2D eigenvalue weighted by Crippen LogP contribution is 2.15. The molecule has 6 nitrogen and oxygen atoms in total. The molecule has 0 aromatic heterocycles. The minimum atomic E-state index is -2.87. The lowest BCUT2D eigenvalue weighted by Gasteiger charge is -2.21. The number of nitrogens with two attached hydrogens (primary N) is 1. The van der Waals surface area contributed by atoms with E-state index in [9.17, 15) is 8.42 Å². The van der Waals surface area contributed by atoms with Crippen LogP contribution in [0.1, 0.15) is 6.42 Å². The highest BCUT2D eigenvalue weighted by molar-refractivity contribution is 7.91. The number of hydrogen-bond acceptors (Lipinski definition) is 5. The summed E-state index contributed by atoms with van der Waals surface area (Å²) in [4.78, 5) is 1.79. The van der Waals surface area contributed by atoms with Crippen molar-refractivity contribution in [3.8, 4) is 0 Å². The second-order valence-corrected chi connectivity index (χ2v) is 5.79. The summed E-state index contributed by atoms with van der Waals surface area (Å²) in [6, 6.07) is -0.0136. The van der Waals surface area contributed by atoms with E-state index in [0.29, 0.717) is 6.42 Å². The van der Waals surface area contributed by atoms with Crippen molar-refractivity contribution in [2.24, 2.45) is 10.9 Å². The first-order valence-electron chi connectivity index (χ1n) is 4.31. The van der Waals surface area contributed by atoms with Crippen LogP contribution in [0.2, 0.25) is 0 Å². The lowest BCUT2D eigenvalue weighted by atomic mass is 10.2. The van der Waals surface area contributed by atoms with E-state index in [4.69, 9.17) is 10.9 Å². The Bertz CT molecular complexity index is 325. The number of amidine groups is 1. The van der Waals surface area contributed by atoms with Crippen molar-refractivity contribution in [2.45, 2.75) is 12.5 Å². The molecule has 1 atom stereocenters. The molecule has 0 aliphatic carbocycles. The molecule has 14 heavy (non-hydrogen) atoms. The van der Waals surface area contributed by atoms with Gasteiger partial charge >= 0.3 is 0 Å². The number of nitrogens with zero attached hydrogens (tertiary/aromatic N) is 2. The standard InChI is InChI=1S/C7H15N3O3S/c1-10(4-7(8)9-11)6-2-3-14(12,13)5-6/h6,11H,2-5H2,1H3,(H2,8,9). The first-order valence-corrected chi connectivity index (χ1v) is 6.14. The minimum Gasteiger partial charge on any atom is -0.409 e. The Hall–Kier alpha value is -0.820. The van der Waals surface area contributed by atoms with E-state index in [1.807, 2.05) is 0 Å². The molecule has 0 aromatic carbocycles. The van der Waals surface area contributed by atoms with E-state index >= 15 is 0 Å². The average molecular weight is 221 g/mol. The average Bonchev–Trinajstić information content (AvgIpc) is 2.46. The SMILES string of the molecule is CN(C/C(N)=N/O)C1CCS(=O)(=O)C1. The zero-order valence-corrected chi connectivity index (χ0v) is 8.87. The van der Waals surface area contributed by atoms with Crippen LogP contribution in [0, 0.1) is 0 Å². The Morgan fingerprint density at radius 2 is 2.36 bits per heavy atom. The first-order chi connectivity index (χ1) is 6.44. The van der Waals surface area contributed by atoms with Crippen molar-refractivity contribution < 1.29 is 13.6 Å². The van der Waals surface area contributed by atoms with Gasteiger partial charge < -0.3 is 10.9 Å². The maximum absolute atomic E-state index is 11.2. The van der Waals surface area contributed by atoms with Crippen LogP contribution >= 0.6 is 0 Å². The smallest absolute Gasteiger partial charge is 0.153 e. The van der Waals surface area contributed by atoms with Gasteiger partial charge in [0.2, 0.25) is 0 Å². The fourth-order valence-corrected chi connectivity index (χ4v) is 3.34.